The summed E-state index contributed by atoms with van der Waals surface area (Å²) in [5, 5.41) is 3.10. The van der Waals surface area contributed by atoms with Crippen LogP contribution in [0.25, 0.3) is 0 Å². The molecule has 1 aliphatic heterocycles. The van der Waals surface area contributed by atoms with Crippen molar-refractivity contribution in [1.82, 2.24) is 4.90 Å². The predicted octanol–water partition coefficient (Wildman–Crippen LogP) is 4.25. The van der Waals surface area contributed by atoms with Gasteiger partial charge in [0, 0.05) is 11.1 Å². The van der Waals surface area contributed by atoms with Crippen LogP contribution in [0.4, 0.5) is 5.69 Å². The van der Waals surface area contributed by atoms with E-state index in [4.69, 9.17) is 21.1 Å². The lowest BCUT2D eigenvalue weighted by Gasteiger charge is -2.13. The predicted molar refractivity (Wildman–Crippen MR) is 129 cm³/mol. The molecule has 4 rings (SSSR count). The Balaban J connectivity index is 1.41. The van der Waals surface area contributed by atoms with Gasteiger partial charge >= 0.3 is 5.97 Å². The second-order valence-electron chi connectivity index (χ2n) is 7.87. The van der Waals surface area contributed by atoms with E-state index in [1.807, 2.05) is 30.3 Å². The van der Waals surface area contributed by atoms with Crippen molar-refractivity contribution in [3.63, 3.8) is 0 Å². The second-order valence-corrected chi connectivity index (χ2v) is 8.28. The van der Waals surface area contributed by atoms with E-state index >= 15 is 0 Å². The fourth-order valence-corrected chi connectivity index (χ4v) is 3.81. The van der Waals surface area contributed by atoms with E-state index in [1.54, 1.807) is 19.1 Å². The molecule has 0 bridgehead atoms. The van der Waals surface area contributed by atoms with Gasteiger partial charge in [0.2, 0.25) is 0 Å². The summed E-state index contributed by atoms with van der Waals surface area (Å²) in [6.07, 6.45) is 0. The van der Waals surface area contributed by atoms with E-state index in [9.17, 15) is 19.2 Å². The molecule has 0 saturated carbocycles. The average Bonchev–Trinajstić information content (AvgIpc) is 3.09. The van der Waals surface area contributed by atoms with Gasteiger partial charge in [0.1, 0.15) is 5.75 Å². The Morgan fingerprint density at radius 2 is 1.69 bits per heavy atom. The van der Waals surface area contributed by atoms with E-state index in [2.05, 4.69) is 5.32 Å². The number of hydrogen-bond acceptors (Lipinski definition) is 6. The van der Waals surface area contributed by atoms with Crippen molar-refractivity contribution in [3.05, 3.63) is 93.5 Å². The minimum absolute atomic E-state index is 0.0548. The number of anilines is 1. The third kappa shape index (κ3) is 5.02. The summed E-state index contributed by atoms with van der Waals surface area (Å²) in [7, 11) is 1.44. The number of fused-ring (bicyclic) bond motifs is 1. The molecule has 0 aromatic heterocycles. The number of carbonyl (C=O) groups is 4. The van der Waals surface area contributed by atoms with Crippen LogP contribution < -0.4 is 10.1 Å². The van der Waals surface area contributed by atoms with Crippen LogP contribution in [-0.4, -0.2) is 42.3 Å². The second kappa shape index (κ2) is 9.99. The molecule has 0 saturated heterocycles. The Bertz CT molecular complexity index is 1340. The van der Waals surface area contributed by atoms with E-state index < -0.39 is 30.3 Å². The van der Waals surface area contributed by atoms with Crippen LogP contribution in [0.5, 0.6) is 5.75 Å². The van der Waals surface area contributed by atoms with E-state index in [-0.39, 0.29) is 23.2 Å². The molecule has 9 heteroatoms. The van der Waals surface area contributed by atoms with Gasteiger partial charge in [0.15, 0.2) is 6.61 Å². The molecule has 8 nitrogen and oxygen atoms in total. The summed E-state index contributed by atoms with van der Waals surface area (Å²) in [4.78, 5) is 51.5. The Morgan fingerprint density at radius 3 is 2.40 bits per heavy atom. The van der Waals surface area contributed by atoms with Crippen LogP contribution >= 0.6 is 11.6 Å². The topological polar surface area (TPSA) is 102 Å². The molecule has 0 fully saturated rings. The summed E-state index contributed by atoms with van der Waals surface area (Å²) < 4.78 is 10.3. The molecule has 3 aromatic rings. The average molecular weight is 493 g/mol. The lowest BCUT2D eigenvalue weighted by atomic mass is 10.1. The molecule has 3 amide bonds. The van der Waals surface area contributed by atoms with E-state index in [1.165, 1.54) is 25.3 Å². The van der Waals surface area contributed by atoms with Gasteiger partial charge in [-0.05, 0) is 42.3 Å². The minimum atomic E-state index is -0.802. The lowest BCUT2D eigenvalue weighted by Crippen LogP contribution is -2.29. The van der Waals surface area contributed by atoms with Gasteiger partial charge in [-0.1, -0.05) is 41.9 Å². The third-order valence-electron chi connectivity index (χ3n) is 5.48. The van der Waals surface area contributed by atoms with Gasteiger partial charge < -0.3 is 14.8 Å². The zero-order valence-electron chi connectivity index (χ0n) is 19.0. The monoisotopic (exact) mass is 492 g/mol. The molecule has 35 heavy (non-hydrogen) atoms. The summed E-state index contributed by atoms with van der Waals surface area (Å²) in [6.45, 7) is 1.34. The first-order valence-electron chi connectivity index (χ1n) is 10.6. The van der Waals surface area contributed by atoms with E-state index in [0.717, 1.165) is 16.0 Å². The molecule has 0 unspecified atom stereocenters. The molecular weight excluding hydrogens is 472 g/mol. The number of nitrogens with zero attached hydrogens (tertiary/aromatic N) is 1. The standard InChI is InChI=1S/C26H21ClN2O6/c1-15-10-21(22(34-2)12-20(15)27)28-23(30)14-35-26(33)17-8-9-18-19(11-17)25(32)29(24(18)31)13-16-6-4-3-5-7-16/h3-12H,13-14H2,1-2H3,(H,28,30). The minimum Gasteiger partial charge on any atom is -0.495 e. The molecule has 0 radical (unpaired) electrons. The van der Waals surface area contributed by atoms with Crippen molar-refractivity contribution >= 4 is 41.0 Å². The summed E-state index contributed by atoms with van der Waals surface area (Å²) in [5.41, 5.74) is 2.31. The summed E-state index contributed by atoms with van der Waals surface area (Å²) in [6, 6.07) is 16.5. The van der Waals surface area contributed by atoms with Gasteiger partial charge in [-0.25, -0.2) is 4.79 Å². The maximum Gasteiger partial charge on any atom is 0.338 e. The number of rotatable bonds is 7. The van der Waals surface area contributed by atoms with Crippen molar-refractivity contribution in [3.8, 4) is 5.75 Å². The largest absolute Gasteiger partial charge is 0.495 e. The van der Waals surface area contributed by atoms with Gasteiger partial charge in [0.25, 0.3) is 17.7 Å². The molecule has 1 heterocycles. The zero-order chi connectivity index (χ0) is 25.1. The number of ether oxygens (including phenoxy) is 2. The van der Waals surface area contributed by atoms with Crippen molar-refractivity contribution in [2.75, 3.05) is 19.0 Å². The number of imide groups is 1. The number of nitrogens with one attached hydrogen (secondary N) is 1. The number of amides is 3. The lowest BCUT2D eigenvalue weighted by molar-refractivity contribution is -0.119. The number of carbonyl (C=O) groups excluding carboxylic acids is 4. The first-order chi connectivity index (χ1) is 16.8. The van der Waals surface area contributed by atoms with Crippen molar-refractivity contribution in [1.29, 1.82) is 0 Å². The first kappa shape index (κ1) is 24.0. The molecule has 1 aliphatic rings. The van der Waals surface area contributed by atoms with Gasteiger partial charge in [-0.3, -0.25) is 19.3 Å². The normalized spacial score (nSPS) is 12.4. The smallest absolute Gasteiger partial charge is 0.338 e. The number of aryl methyl sites for hydroxylation is 1. The molecule has 0 aliphatic carbocycles. The highest BCUT2D eigenvalue weighted by atomic mass is 35.5. The number of halogens is 1. The van der Waals surface area contributed by atoms with Crippen molar-refractivity contribution < 1.29 is 28.7 Å². The molecule has 3 aromatic carbocycles. The van der Waals surface area contributed by atoms with Gasteiger partial charge in [-0.15, -0.1) is 0 Å². The molecule has 0 spiro atoms. The SMILES string of the molecule is COc1cc(Cl)c(C)cc1NC(=O)COC(=O)c1ccc2c(c1)C(=O)N(Cc1ccccc1)C2=O. The third-order valence-corrected chi connectivity index (χ3v) is 5.89. The molecular formula is C26H21ClN2O6. The molecule has 0 atom stereocenters. The Kier molecular flexibility index (Phi) is 6.84. The van der Waals surface area contributed by atoms with Crippen LogP contribution in [0.15, 0.2) is 60.7 Å². The highest BCUT2D eigenvalue weighted by Gasteiger charge is 2.36. The van der Waals surface area contributed by atoms with Crippen LogP contribution in [0.3, 0.4) is 0 Å². The molecule has 1 N–H and O–H groups in total. The van der Waals surface area contributed by atoms with Crippen LogP contribution in [0.2, 0.25) is 5.02 Å². The van der Waals surface area contributed by atoms with Crippen LogP contribution in [-0.2, 0) is 16.1 Å². The maximum atomic E-state index is 12.8. The van der Waals surface area contributed by atoms with Gasteiger partial charge in [0.05, 0.1) is 36.0 Å². The number of esters is 1. The Morgan fingerprint density at radius 1 is 0.971 bits per heavy atom. The number of benzene rings is 3. The summed E-state index contributed by atoms with van der Waals surface area (Å²) >= 11 is 6.07. The highest BCUT2D eigenvalue weighted by molar-refractivity contribution is 6.31. The highest BCUT2D eigenvalue weighted by Crippen LogP contribution is 2.31. The number of methoxy groups -OCH3 is 1. The van der Waals surface area contributed by atoms with E-state index in [0.29, 0.717) is 16.5 Å². The maximum absolute atomic E-state index is 12.8. The van der Waals surface area contributed by atoms with Crippen LogP contribution in [0, 0.1) is 6.92 Å². The van der Waals surface area contributed by atoms with Crippen LogP contribution in [0.1, 0.15) is 42.2 Å². The number of hydrogen-bond donors (Lipinski definition) is 1. The van der Waals surface area contributed by atoms with Gasteiger partial charge in [-0.2, -0.15) is 0 Å². The summed E-state index contributed by atoms with van der Waals surface area (Å²) in [5.74, 6) is -1.95. The first-order valence-corrected chi connectivity index (χ1v) is 11.0. The van der Waals surface area contributed by atoms with Crippen molar-refractivity contribution in [2.45, 2.75) is 13.5 Å². The van der Waals surface area contributed by atoms with Crippen molar-refractivity contribution in [2.24, 2.45) is 0 Å². The fourth-order valence-electron chi connectivity index (χ4n) is 3.66. The molecule has 178 valence electrons. The Hall–Kier alpha value is -4.17. The quantitative estimate of drug-likeness (QED) is 0.391. The fraction of sp³-hybridized carbons (Fsp3) is 0.154. The Labute approximate surface area is 206 Å². The zero-order valence-corrected chi connectivity index (χ0v) is 19.7.